The molecule has 0 bridgehead atoms. The first-order valence-corrected chi connectivity index (χ1v) is 6.67. The van der Waals surface area contributed by atoms with Crippen LogP contribution in [0.3, 0.4) is 0 Å². The number of hydrogen-bond donors (Lipinski definition) is 1. The maximum absolute atomic E-state index is 4.40. The van der Waals surface area contributed by atoms with Crippen molar-refractivity contribution in [1.29, 1.82) is 0 Å². The van der Waals surface area contributed by atoms with Crippen molar-refractivity contribution in [3.05, 3.63) is 44.7 Å². The van der Waals surface area contributed by atoms with Crippen LogP contribution in [-0.2, 0) is 0 Å². The molecule has 2 aromatic rings. The van der Waals surface area contributed by atoms with Gasteiger partial charge in [-0.05, 0) is 63.9 Å². The van der Waals surface area contributed by atoms with Gasteiger partial charge in [-0.3, -0.25) is 4.98 Å². The van der Waals surface area contributed by atoms with Gasteiger partial charge in [-0.25, -0.2) is 4.98 Å². The van der Waals surface area contributed by atoms with Crippen LogP contribution in [-0.4, -0.2) is 9.97 Å². The predicted octanol–water partition coefficient (Wildman–Crippen LogP) is 4.36. The Labute approximate surface area is 117 Å². The molecule has 3 nitrogen and oxygen atoms in total. The fourth-order valence-corrected chi connectivity index (χ4v) is 2.54. The minimum Gasteiger partial charge on any atom is -0.338 e. The SMILES string of the molecule is Cc1ccc(Nc2ncc(Br)cc2Br)c(C)n1. The number of anilines is 2. The summed E-state index contributed by atoms with van der Waals surface area (Å²) in [5.41, 5.74) is 2.93. The molecule has 0 amide bonds. The van der Waals surface area contributed by atoms with E-state index in [-0.39, 0.29) is 0 Å². The van der Waals surface area contributed by atoms with Crippen LogP contribution in [0.25, 0.3) is 0 Å². The van der Waals surface area contributed by atoms with E-state index in [9.17, 15) is 0 Å². The molecule has 2 aromatic heterocycles. The fourth-order valence-electron chi connectivity index (χ4n) is 1.45. The van der Waals surface area contributed by atoms with Crippen LogP contribution in [0.5, 0.6) is 0 Å². The lowest BCUT2D eigenvalue weighted by molar-refractivity contribution is 1.12. The summed E-state index contributed by atoms with van der Waals surface area (Å²) in [5.74, 6) is 0.780. The average molecular weight is 357 g/mol. The van der Waals surface area contributed by atoms with Gasteiger partial charge < -0.3 is 5.32 Å². The molecule has 1 N–H and O–H groups in total. The number of nitrogens with one attached hydrogen (secondary N) is 1. The van der Waals surface area contributed by atoms with Crippen molar-refractivity contribution in [2.75, 3.05) is 5.32 Å². The summed E-state index contributed by atoms with van der Waals surface area (Å²) in [6, 6.07) is 5.93. The molecule has 0 fully saturated rings. The van der Waals surface area contributed by atoms with Crippen LogP contribution in [0.4, 0.5) is 11.5 Å². The van der Waals surface area contributed by atoms with Crippen molar-refractivity contribution < 1.29 is 0 Å². The second-order valence-corrected chi connectivity index (χ2v) is 5.46. The van der Waals surface area contributed by atoms with Crippen LogP contribution in [0.2, 0.25) is 0 Å². The molecule has 0 aliphatic rings. The molecular formula is C12H11Br2N3. The number of hydrogen-bond acceptors (Lipinski definition) is 3. The maximum Gasteiger partial charge on any atom is 0.144 e. The molecule has 0 atom stereocenters. The normalized spacial score (nSPS) is 10.4. The summed E-state index contributed by atoms with van der Waals surface area (Å²) in [4.78, 5) is 8.71. The van der Waals surface area contributed by atoms with E-state index >= 15 is 0 Å². The van der Waals surface area contributed by atoms with Crippen molar-refractivity contribution in [2.24, 2.45) is 0 Å². The molecule has 88 valence electrons. The molecule has 17 heavy (non-hydrogen) atoms. The minimum atomic E-state index is 0.780. The summed E-state index contributed by atoms with van der Waals surface area (Å²) < 4.78 is 1.85. The number of aryl methyl sites for hydroxylation is 2. The molecule has 2 rings (SSSR count). The maximum atomic E-state index is 4.40. The first-order chi connectivity index (χ1) is 8.06. The zero-order valence-electron chi connectivity index (χ0n) is 9.46. The summed E-state index contributed by atoms with van der Waals surface area (Å²) in [6.45, 7) is 3.95. The third-order valence-corrected chi connectivity index (χ3v) is 3.32. The largest absolute Gasteiger partial charge is 0.338 e. The van der Waals surface area contributed by atoms with Gasteiger partial charge in [0.15, 0.2) is 0 Å². The Balaban J connectivity index is 2.31. The summed E-state index contributed by atoms with van der Waals surface area (Å²) >= 11 is 6.84. The number of rotatable bonds is 2. The molecular weight excluding hydrogens is 346 g/mol. The van der Waals surface area contributed by atoms with Gasteiger partial charge in [-0.1, -0.05) is 0 Å². The summed E-state index contributed by atoms with van der Waals surface area (Å²) in [5, 5.41) is 3.25. The number of pyridine rings is 2. The lowest BCUT2D eigenvalue weighted by atomic mass is 10.2. The smallest absolute Gasteiger partial charge is 0.144 e. The van der Waals surface area contributed by atoms with E-state index in [0.29, 0.717) is 0 Å². The van der Waals surface area contributed by atoms with Crippen molar-refractivity contribution in [3.63, 3.8) is 0 Å². The van der Waals surface area contributed by atoms with Gasteiger partial charge in [0, 0.05) is 16.4 Å². The number of nitrogens with zero attached hydrogens (tertiary/aromatic N) is 2. The quantitative estimate of drug-likeness (QED) is 0.868. The lowest BCUT2D eigenvalue weighted by Crippen LogP contribution is -1.99. The Morgan fingerprint density at radius 3 is 2.59 bits per heavy atom. The Morgan fingerprint density at radius 2 is 1.94 bits per heavy atom. The fraction of sp³-hybridized carbons (Fsp3) is 0.167. The van der Waals surface area contributed by atoms with Gasteiger partial charge in [-0.2, -0.15) is 0 Å². The van der Waals surface area contributed by atoms with Gasteiger partial charge in [0.2, 0.25) is 0 Å². The lowest BCUT2D eigenvalue weighted by Gasteiger charge is -2.10. The monoisotopic (exact) mass is 355 g/mol. The highest BCUT2D eigenvalue weighted by Gasteiger charge is 2.05. The minimum absolute atomic E-state index is 0.780. The molecule has 0 unspecified atom stereocenters. The molecule has 0 saturated heterocycles. The molecule has 0 aliphatic carbocycles. The molecule has 5 heteroatoms. The average Bonchev–Trinajstić information content (AvgIpc) is 2.25. The van der Waals surface area contributed by atoms with Crippen LogP contribution in [0.15, 0.2) is 33.3 Å². The van der Waals surface area contributed by atoms with Crippen molar-refractivity contribution in [2.45, 2.75) is 13.8 Å². The zero-order valence-corrected chi connectivity index (χ0v) is 12.6. The Hall–Kier alpha value is -0.940. The highest BCUT2D eigenvalue weighted by molar-refractivity contribution is 9.11. The van der Waals surface area contributed by atoms with E-state index in [1.54, 1.807) is 6.20 Å². The van der Waals surface area contributed by atoms with Gasteiger partial charge in [0.1, 0.15) is 5.82 Å². The summed E-state index contributed by atoms with van der Waals surface area (Å²) in [6.07, 6.45) is 1.75. The Morgan fingerprint density at radius 1 is 1.18 bits per heavy atom. The molecule has 0 aromatic carbocycles. The highest BCUT2D eigenvalue weighted by atomic mass is 79.9. The Kier molecular flexibility index (Phi) is 3.79. The third-order valence-electron chi connectivity index (χ3n) is 2.29. The van der Waals surface area contributed by atoms with Crippen molar-refractivity contribution in [3.8, 4) is 0 Å². The van der Waals surface area contributed by atoms with Crippen LogP contribution >= 0.6 is 31.9 Å². The molecule has 0 saturated carbocycles. The topological polar surface area (TPSA) is 37.8 Å². The molecule has 0 radical (unpaired) electrons. The van der Waals surface area contributed by atoms with Crippen LogP contribution < -0.4 is 5.32 Å². The number of aromatic nitrogens is 2. The zero-order chi connectivity index (χ0) is 12.4. The van der Waals surface area contributed by atoms with Gasteiger partial charge in [-0.15, -0.1) is 0 Å². The number of halogens is 2. The second kappa shape index (κ2) is 5.14. The van der Waals surface area contributed by atoms with Crippen molar-refractivity contribution >= 4 is 43.4 Å². The van der Waals surface area contributed by atoms with Crippen LogP contribution in [0, 0.1) is 13.8 Å². The first kappa shape index (κ1) is 12.5. The van der Waals surface area contributed by atoms with Crippen LogP contribution in [0.1, 0.15) is 11.4 Å². The first-order valence-electron chi connectivity index (χ1n) is 5.08. The van der Waals surface area contributed by atoms with E-state index in [1.807, 2.05) is 32.0 Å². The van der Waals surface area contributed by atoms with E-state index in [2.05, 4.69) is 47.1 Å². The van der Waals surface area contributed by atoms with Crippen molar-refractivity contribution in [1.82, 2.24) is 9.97 Å². The van der Waals surface area contributed by atoms with E-state index < -0.39 is 0 Å². The second-order valence-electron chi connectivity index (χ2n) is 3.69. The van der Waals surface area contributed by atoms with E-state index in [1.165, 1.54) is 0 Å². The predicted molar refractivity (Wildman–Crippen MR) is 76.6 cm³/mol. The van der Waals surface area contributed by atoms with E-state index in [4.69, 9.17) is 0 Å². The van der Waals surface area contributed by atoms with Gasteiger partial charge in [0.05, 0.1) is 15.9 Å². The standard InChI is InChI=1S/C12H11Br2N3/c1-7-3-4-11(8(2)16-7)17-12-10(14)5-9(13)6-15-12/h3-6H,1-2H3,(H,15,17). The molecule has 0 spiro atoms. The third kappa shape index (κ3) is 3.04. The summed E-state index contributed by atoms with van der Waals surface area (Å²) in [7, 11) is 0. The molecule has 2 heterocycles. The van der Waals surface area contributed by atoms with E-state index in [0.717, 1.165) is 31.8 Å². The Bertz CT molecular complexity index is 506. The highest BCUT2D eigenvalue weighted by Crippen LogP contribution is 2.27. The van der Waals surface area contributed by atoms with Gasteiger partial charge >= 0.3 is 0 Å². The molecule has 0 aliphatic heterocycles. The van der Waals surface area contributed by atoms with Gasteiger partial charge in [0.25, 0.3) is 0 Å².